The van der Waals surface area contributed by atoms with E-state index in [2.05, 4.69) is 42.9 Å². The van der Waals surface area contributed by atoms with E-state index in [1.165, 1.54) is 18.4 Å². The molecule has 0 radical (unpaired) electrons. The maximum absolute atomic E-state index is 3.46. The van der Waals surface area contributed by atoms with Gasteiger partial charge in [-0.1, -0.05) is 13.8 Å². The van der Waals surface area contributed by atoms with Gasteiger partial charge in [0.1, 0.15) is 0 Å². The smallest absolute Gasteiger partial charge is 0.00412 e. The molecule has 0 fully saturated rings. The Morgan fingerprint density at radius 1 is 1.43 bits per heavy atom. The molecule has 0 saturated carbocycles. The van der Waals surface area contributed by atoms with Gasteiger partial charge < -0.3 is 5.32 Å². The maximum Gasteiger partial charge on any atom is 0.00412 e. The quantitative estimate of drug-likeness (QED) is 0.761. The topological polar surface area (TPSA) is 12.0 Å². The third-order valence-corrected chi connectivity index (χ3v) is 3.20. The van der Waals surface area contributed by atoms with Crippen LogP contribution in [0.15, 0.2) is 16.8 Å². The van der Waals surface area contributed by atoms with Crippen LogP contribution >= 0.6 is 11.3 Å². The molecule has 1 heterocycles. The molecular formula is C12H21NS. The van der Waals surface area contributed by atoms with Gasteiger partial charge in [0.05, 0.1) is 0 Å². The summed E-state index contributed by atoms with van der Waals surface area (Å²) >= 11 is 1.80. The molecule has 2 heteroatoms. The summed E-state index contributed by atoms with van der Waals surface area (Å²) in [5.41, 5.74) is 1.49. The summed E-state index contributed by atoms with van der Waals surface area (Å²) in [6.45, 7) is 7.85. The standard InChI is InChI=1S/C12H21NS/c1-4-13-11(3)7-10(2)8-12-5-6-14-9-12/h5-6,9-11,13H,4,7-8H2,1-3H3. The van der Waals surface area contributed by atoms with Gasteiger partial charge in [-0.25, -0.2) is 0 Å². The summed E-state index contributed by atoms with van der Waals surface area (Å²) in [5, 5.41) is 7.88. The van der Waals surface area contributed by atoms with Crippen molar-refractivity contribution >= 4 is 11.3 Å². The molecular weight excluding hydrogens is 190 g/mol. The Morgan fingerprint density at radius 2 is 2.21 bits per heavy atom. The van der Waals surface area contributed by atoms with Gasteiger partial charge in [0.2, 0.25) is 0 Å². The second-order valence-electron chi connectivity index (χ2n) is 4.14. The van der Waals surface area contributed by atoms with Crippen LogP contribution in [0.5, 0.6) is 0 Å². The monoisotopic (exact) mass is 211 g/mol. The highest BCUT2D eigenvalue weighted by atomic mass is 32.1. The first-order valence-corrected chi connectivity index (χ1v) is 6.41. The number of thiophene rings is 1. The van der Waals surface area contributed by atoms with Crippen molar-refractivity contribution in [3.8, 4) is 0 Å². The molecule has 0 aliphatic carbocycles. The van der Waals surface area contributed by atoms with Crippen LogP contribution in [0.4, 0.5) is 0 Å². The molecule has 0 spiro atoms. The highest BCUT2D eigenvalue weighted by molar-refractivity contribution is 7.07. The van der Waals surface area contributed by atoms with E-state index in [1.807, 2.05) is 0 Å². The first kappa shape index (κ1) is 11.7. The van der Waals surface area contributed by atoms with E-state index >= 15 is 0 Å². The minimum atomic E-state index is 0.647. The van der Waals surface area contributed by atoms with E-state index in [1.54, 1.807) is 11.3 Å². The average Bonchev–Trinajstić information content (AvgIpc) is 2.56. The van der Waals surface area contributed by atoms with Crippen LogP contribution in [-0.2, 0) is 6.42 Å². The molecule has 0 bridgehead atoms. The zero-order valence-corrected chi connectivity index (χ0v) is 10.2. The van der Waals surface area contributed by atoms with Gasteiger partial charge in [-0.15, -0.1) is 0 Å². The van der Waals surface area contributed by atoms with Gasteiger partial charge in [-0.3, -0.25) is 0 Å². The lowest BCUT2D eigenvalue weighted by atomic mass is 9.96. The Morgan fingerprint density at radius 3 is 2.79 bits per heavy atom. The zero-order chi connectivity index (χ0) is 10.4. The molecule has 80 valence electrons. The maximum atomic E-state index is 3.46. The van der Waals surface area contributed by atoms with Crippen LogP contribution in [0.2, 0.25) is 0 Å². The van der Waals surface area contributed by atoms with E-state index in [-0.39, 0.29) is 0 Å². The molecule has 0 saturated heterocycles. The minimum Gasteiger partial charge on any atom is -0.315 e. The van der Waals surface area contributed by atoms with Crippen molar-refractivity contribution < 1.29 is 0 Å². The van der Waals surface area contributed by atoms with E-state index in [0.717, 1.165) is 12.5 Å². The first-order chi connectivity index (χ1) is 6.72. The fourth-order valence-corrected chi connectivity index (χ4v) is 2.61. The Labute approximate surface area is 91.5 Å². The Kier molecular flexibility index (Phi) is 5.20. The largest absolute Gasteiger partial charge is 0.315 e. The van der Waals surface area contributed by atoms with Gasteiger partial charge in [-0.2, -0.15) is 11.3 Å². The van der Waals surface area contributed by atoms with Crippen molar-refractivity contribution in [2.24, 2.45) is 5.92 Å². The lowest BCUT2D eigenvalue weighted by molar-refractivity contribution is 0.426. The number of hydrogen-bond acceptors (Lipinski definition) is 2. The fourth-order valence-electron chi connectivity index (χ4n) is 1.93. The highest BCUT2D eigenvalue weighted by Crippen LogP contribution is 2.15. The van der Waals surface area contributed by atoms with Gasteiger partial charge in [0.15, 0.2) is 0 Å². The molecule has 1 aromatic heterocycles. The SMILES string of the molecule is CCNC(C)CC(C)Cc1ccsc1. The van der Waals surface area contributed by atoms with Gasteiger partial charge in [0.25, 0.3) is 0 Å². The molecule has 2 atom stereocenters. The van der Waals surface area contributed by atoms with E-state index in [4.69, 9.17) is 0 Å². The second-order valence-corrected chi connectivity index (χ2v) is 4.92. The Hall–Kier alpha value is -0.340. The Balaban J connectivity index is 2.25. The zero-order valence-electron chi connectivity index (χ0n) is 9.42. The summed E-state index contributed by atoms with van der Waals surface area (Å²) in [7, 11) is 0. The summed E-state index contributed by atoms with van der Waals surface area (Å²) < 4.78 is 0. The number of rotatable bonds is 6. The van der Waals surface area contributed by atoms with Crippen LogP contribution < -0.4 is 5.32 Å². The first-order valence-electron chi connectivity index (χ1n) is 5.46. The molecule has 14 heavy (non-hydrogen) atoms. The van der Waals surface area contributed by atoms with Crippen LogP contribution in [0, 0.1) is 5.92 Å². The fraction of sp³-hybridized carbons (Fsp3) is 0.667. The Bertz CT molecular complexity index is 230. The lowest BCUT2D eigenvalue weighted by Crippen LogP contribution is -2.27. The minimum absolute atomic E-state index is 0.647. The molecule has 0 aromatic carbocycles. The number of hydrogen-bond donors (Lipinski definition) is 1. The van der Waals surface area contributed by atoms with Crippen molar-refractivity contribution in [2.75, 3.05) is 6.54 Å². The molecule has 0 amide bonds. The van der Waals surface area contributed by atoms with Gasteiger partial charge >= 0.3 is 0 Å². The average molecular weight is 211 g/mol. The van der Waals surface area contributed by atoms with Crippen molar-refractivity contribution in [2.45, 2.75) is 39.7 Å². The molecule has 1 rings (SSSR count). The van der Waals surface area contributed by atoms with Gasteiger partial charge in [-0.05, 0) is 54.6 Å². The van der Waals surface area contributed by atoms with Crippen molar-refractivity contribution in [1.29, 1.82) is 0 Å². The molecule has 1 nitrogen and oxygen atoms in total. The van der Waals surface area contributed by atoms with E-state index in [0.29, 0.717) is 6.04 Å². The van der Waals surface area contributed by atoms with Crippen LogP contribution in [-0.4, -0.2) is 12.6 Å². The van der Waals surface area contributed by atoms with Crippen LogP contribution in [0.1, 0.15) is 32.8 Å². The number of nitrogens with one attached hydrogen (secondary N) is 1. The predicted molar refractivity (Wildman–Crippen MR) is 64.9 cm³/mol. The highest BCUT2D eigenvalue weighted by Gasteiger charge is 2.08. The van der Waals surface area contributed by atoms with Gasteiger partial charge in [0, 0.05) is 6.04 Å². The summed E-state index contributed by atoms with van der Waals surface area (Å²) in [5.74, 6) is 0.777. The summed E-state index contributed by atoms with van der Waals surface area (Å²) in [6, 6.07) is 2.88. The third kappa shape index (κ3) is 4.25. The molecule has 2 unspecified atom stereocenters. The van der Waals surface area contributed by atoms with Crippen LogP contribution in [0.3, 0.4) is 0 Å². The van der Waals surface area contributed by atoms with Crippen LogP contribution in [0.25, 0.3) is 0 Å². The lowest BCUT2D eigenvalue weighted by Gasteiger charge is -2.17. The van der Waals surface area contributed by atoms with Crippen molar-refractivity contribution in [3.63, 3.8) is 0 Å². The van der Waals surface area contributed by atoms with Crippen molar-refractivity contribution in [1.82, 2.24) is 5.32 Å². The predicted octanol–water partition coefficient (Wildman–Crippen LogP) is 3.31. The second kappa shape index (κ2) is 6.20. The molecule has 1 N–H and O–H groups in total. The normalized spacial score (nSPS) is 15.4. The molecule has 0 aliphatic heterocycles. The third-order valence-electron chi connectivity index (χ3n) is 2.47. The van der Waals surface area contributed by atoms with E-state index in [9.17, 15) is 0 Å². The molecule has 0 aliphatic rings. The molecule has 1 aromatic rings. The summed E-state index contributed by atoms with van der Waals surface area (Å²) in [6.07, 6.45) is 2.49. The van der Waals surface area contributed by atoms with Crippen molar-refractivity contribution in [3.05, 3.63) is 22.4 Å². The van der Waals surface area contributed by atoms with E-state index < -0.39 is 0 Å². The summed E-state index contributed by atoms with van der Waals surface area (Å²) in [4.78, 5) is 0.